The van der Waals surface area contributed by atoms with Gasteiger partial charge in [0.1, 0.15) is 17.2 Å². The van der Waals surface area contributed by atoms with Gasteiger partial charge in [-0.2, -0.15) is 0 Å². The van der Waals surface area contributed by atoms with Crippen molar-refractivity contribution < 1.29 is 41.7 Å². The Morgan fingerprint density at radius 3 is 2.33 bits per heavy atom. The zero-order valence-electron chi connectivity index (χ0n) is 16.0. The molecule has 0 radical (unpaired) electrons. The van der Waals surface area contributed by atoms with E-state index in [2.05, 4.69) is 10.1 Å². The number of alkyl halides is 3. The number of hydrogen-bond acceptors (Lipinski definition) is 6. The van der Waals surface area contributed by atoms with Crippen LogP contribution >= 0.6 is 0 Å². The molecule has 0 spiro atoms. The lowest BCUT2D eigenvalue weighted by Gasteiger charge is -2.13. The third kappa shape index (κ3) is 8.29. The number of halogens is 3. The fourth-order valence-electron chi connectivity index (χ4n) is 2.26. The minimum Gasteiger partial charge on any atom is -0.497 e. The van der Waals surface area contributed by atoms with Crippen molar-refractivity contribution in [1.82, 2.24) is 5.32 Å². The summed E-state index contributed by atoms with van der Waals surface area (Å²) in [7, 11) is 1.54. The molecule has 0 aliphatic carbocycles. The zero-order valence-corrected chi connectivity index (χ0v) is 16.0. The predicted octanol–water partition coefficient (Wildman–Crippen LogP) is 3.22. The molecule has 0 saturated heterocycles. The number of ether oxygens (including phenoxy) is 4. The van der Waals surface area contributed by atoms with Gasteiger partial charge in [-0.25, -0.2) is 0 Å². The Labute approximate surface area is 170 Å². The number of nitrogens with one attached hydrogen (secondary N) is 1. The van der Waals surface area contributed by atoms with Gasteiger partial charge in [0.15, 0.2) is 6.61 Å². The van der Waals surface area contributed by atoms with Gasteiger partial charge in [0.05, 0.1) is 20.1 Å². The predicted molar refractivity (Wildman–Crippen MR) is 99.0 cm³/mol. The van der Waals surface area contributed by atoms with Crippen molar-refractivity contribution in [2.75, 3.05) is 20.3 Å². The number of methoxy groups -OCH3 is 1. The molecule has 0 unspecified atom stereocenters. The van der Waals surface area contributed by atoms with Gasteiger partial charge in [-0.05, 0) is 30.3 Å². The summed E-state index contributed by atoms with van der Waals surface area (Å²) in [6.07, 6.45) is -4.93. The molecule has 10 heteroatoms. The Balaban J connectivity index is 1.68. The second kappa shape index (κ2) is 10.9. The average Bonchev–Trinajstić information content (AvgIpc) is 2.71. The summed E-state index contributed by atoms with van der Waals surface area (Å²) >= 11 is 0. The van der Waals surface area contributed by atoms with Crippen LogP contribution in [0, 0.1) is 0 Å². The molecular formula is C20H20F3NO6. The van der Waals surface area contributed by atoms with Crippen molar-refractivity contribution >= 4 is 11.9 Å². The van der Waals surface area contributed by atoms with E-state index in [4.69, 9.17) is 14.2 Å². The van der Waals surface area contributed by atoms with Crippen molar-refractivity contribution in [3.8, 4) is 17.2 Å². The maximum Gasteiger partial charge on any atom is 0.573 e. The van der Waals surface area contributed by atoms with Gasteiger partial charge in [-0.3, -0.25) is 9.59 Å². The number of para-hydroxylation sites is 1. The van der Waals surface area contributed by atoms with E-state index in [1.54, 1.807) is 24.3 Å². The highest BCUT2D eigenvalue weighted by Gasteiger charge is 2.31. The molecule has 162 valence electrons. The Kier molecular flexibility index (Phi) is 8.33. The molecule has 0 fully saturated rings. The first-order valence-corrected chi connectivity index (χ1v) is 8.79. The van der Waals surface area contributed by atoms with Crippen LogP contribution in [0.15, 0.2) is 48.5 Å². The molecule has 7 nitrogen and oxygen atoms in total. The summed E-state index contributed by atoms with van der Waals surface area (Å²) in [6, 6.07) is 12.2. The topological polar surface area (TPSA) is 83.1 Å². The van der Waals surface area contributed by atoms with E-state index in [1.165, 1.54) is 25.3 Å². The van der Waals surface area contributed by atoms with E-state index in [1.807, 2.05) is 0 Å². The quantitative estimate of drug-likeness (QED) is 0.587. The van der Waals surface area contributed by atoms with E-state index in [0.717, 1.165) is 6.07 Å². The van der Waals surface area contributed by atoms with Crippen molar-refractivity contribution in [1.29, 1.82) is 0 Å². The van der Waals surface area contributed by atoms with Gasteiger partial charge in [-0.1, -0.05) is 18.2 Å². The van der Waals surface area contributed by atoms with Crippen LogP contribution in [-0.4, -0.2) is 38.6 Å². The van der Waals surface area contributed by atoms with E-state index >= 15 is 0 Å². The summed E-state index contributed by atoms with van der Waals surface area (Å²) < 4.78 is 56.3. The second-order valence-electron chi connectivity index (χ2n) is 5.87. The van der Waals surface area contributed by atoms with Crippen molar-refractivity contribution in [2.45, 2.75) is 19.3 Å². The second-order valence-corrected chi connectivity index (χ2v) is 5.87. The van der Waals surface area contributed by atoms with Gasteiger partial charge < -0.3 is 24.3 Å². The smallest absolute Gasteiger partial charge is 0.497 e. The first-order chi connectivity index (χ1) is 14.3. The van der Waals surface area contributed by atoms with Crippen LogP contribution in [0.1, 0.15) is 12.0 Å². The maximum absolute atomic E-state index is 12.4. The van der Waals surface area contributed by atoms with Gasteiger partial charge in [0, 0.05) is 12.1 Å². The van der Waals surface area contributed by atoms with Crippen LogP contribution in [0.5, 0.6) is 17.2 Å². The number of carbonyl (C=O) groups excluding carboxylic acids is 2. The standard InChI is InChI=1S/C20H20F3NO6/c1-27-15-6-8-16(9-7-15)28-11-10-19(26)29-13-18(25)24-12-14-4-2-3-5-17(14)30-20(21,22)23/h2-9H,10-13H2,1H3,(H,24,25). The maximum atomic E-state index is 12.4. The number of rotatable bonds is 10. The molecule has 2 rings (SSSR count). The van der Waals surface area contributed by atoms with Crippen LogP contribution in [0.3, 0.4) is 0 Å². The average molecular weight is 427 g/mol. The first-order valence-electron chi connectivity index (χ1n) is 8.79. The molecular weight excluding hydrogens is 407 g/mol. The fraction of sp³-hybridized carbons (Fsp3) is 0.300. The molecule has 0 bridgehead atoms. The minimum atomic E-state index is -4.84. The van der Waals surface area contributed by atoms with E-state index < -0.39 is 30.6 Å². The molecule has 0 saturated carbocycles. The fourth-order valence-corrected chi connectivity index (χ4v) is 2.26. The lowest BCUT2D eigenvalue weighted by molar-refractivity contribution is -0.274. The highest BCUT2D eigenvalue weighted by atomic mass is 19.4. The van der Waals surface area contributed by atoms with E-state index in [-0.39, 0.29) is 25.1 Å². The molecule has 2 aromatic carbocycles. The molecule has 1 N–H and O–H groups in total. The molecule has 0 heterocycles. The highest BCUT2D eigenvalue weighted by Crippen LogP contribution is 2.26. The molecule has 1 amide bonds. The van der Waals surface area contributed by atoms with Crippen molar-refractivity contribution in [3.63, 3.8) is 0 Å². The third-order valence-corrected chi connectivity index (χ3v) is 3.67. The Morgan fingerprint density at radius 1 is 1.00 bits per heavy atom. The summed E-state index contributed by atoms with van der Waals surface area (Å²) in [5.74, 6) is -0.528. The minimum absolute atomic E-state index is 0.0505. The summed E-state index contributed by atoms with van der Waals surface area (Å²) in [4.78, 5) is 23.5. The van der Waals surface area contributed by atoms with Crippen molar-refractivity contribution in [2.24, 2.45) is 0 Å². The Hall–Kier alpha value is -3.43. The molecule has 0 aliphatic rings. The Bertz CT molecular complexity index is 839. The van der Waals surface area contributed by atoms with E-state index in [9.17, 15) is 22.8 Å². The lowest BCUT2D eigenvalue weighted by Crippen LogP contribution is -2.29. The van der Waals surface area contributed by atoms with Crippen LogP contribution in [0.2, 0.25) is 0 Å². The summed E-state index contributed by atoms with van der Waals surface area (Å²) in [5, 5.41) is 2.37. The number of carbonyl (C=O) groups is 2. The number of esters is 1. The van der Waals surface area contributed by atoms with Crippen LogP contribution in [0.4, 0.5) is 13.2 Å². The monoisotopic (exact) mass is 427 g/mol. The van der Waals surface area contributed by atoms with Crippen LogP contribution < -0.4 is 19.5 Å². The number of amides is 1. The normalized spacial score (nSPS) is 10.8. The molecule has 0 aromatic heterocycles. The summed E-state index contributed by atoms with van der Waals surface area (Å²) in [5.41, 5.74) is 0.127. The first kappa shape index (κ1) is 22.9. The van der Waals surface area contributed by atoms with Crippen LogP contribution in [0.25, 0.3) is 0 Å². The lowest BCUT2D eigenvalue weighted by atomic mass is 10.2. The van der Waals surface area contributed by atoms with Gasteiger partial charge in [0.2, 0.25) is 0 Å². The molecule has 30 heavy (non-hydrogen) atoms. The zero-order chi connectivity index (χ0) is 22.0. The van der Waals surface area contributed by atoms with Crippen LogP contribution in [-0.2, 0) is 20.9 Å². The van der Waals surface area contributed by atoms with Gasteiger partial charge in [0.25, 0.3) is 5.91 Å². The van der Waals surface area contributed by atoms with Crippen molar-refractivity contribution in [3.05, 3.63) is 54.1 Å². The summed E-state index contributed by atoms with van der Waals surface area (Å²) in [6.45, 7) is -0.734. The Morgan fingerprint density at radius 2 is 1.67 bits per heavy atom. The number of hydrogen-bond donors (Lipinski definition) is 1. The SMILES string of the molecule is COc1ccc(OCCC(=O)OCC(=O)NCc2ccccc2OC(F)(F)F)cc1. The molecule has 2 aromatic rings. The molecule has 0 atom stereocenters. The number of benzene rings is 2. The van der Waals surface area contributed by atoms with Gasteiger partial charge >= 0.3 is 12.3 Å². The largest absolute Gasteiger partial charge is 0.573 e. The van der Waals surface area contributed by atoms with E-state index in [0.29, 0.717) is 11.5 Å². The van der Waals surface area contributed by atoms with Gasteiger partial charge in [-0.15, -0.1) is 13.2 Å². The third-order valence-electron chi connectivity index (χ3n) is 3.67. The highest BCUT2D eigenvalue weighted by molar-refractivity contribution is 5.80. The molecule has 0 aliphatic heterocycles.